The van der Waals surface area contributed by atoms with Gasteiger partial charge in [-0.3, -0.25) is 32.9 Å². The Kier molecular flexibility index (Phi) is 3.36. The highest BCUT2D eigenvalue weighted by Crippen LogP contribution is 2.09. The number of hydrogen-bond acceptors (Lipinski definition) is 5. The molecular formula is C13H13N5O5. The summed E-state index contributed by atoms with van der Waals surface area (Å²) in [6, 6.07) is 1.26. The van der Waals surface area contributed by atoms with Crippen molar-refractivity contribution < 1.29 is 9.90 Å². The van der Waals surface area contributed by atoms with Crippen LogP contribution in [0.3, 0.4) is 0 Å². The second-order valence-electron chi connectivity index (χ2n) is 5.08. The van der Waals surface area contributed by atoms with Gasteiger partial charge in [-0.05, 0) is 6.42 Å². The molecule has 10 nitrogen and oxygen atoms in total. The Morgan fingerprint density at radius 2 is 2.09 bits per heavy atom. The number of aromatic nitrogens is 5. The van der Waals surface area contributed by atoms with E-state index in [4.69, 9.17) is 5.11 Å². The molecule has 3 heterocycles. The number of nitrogens with one attached hydrogen (secondary N) is 1. The fraction of sp³-hybridized carbons (Fsp3) is 0.308. The van der Waals surface area contributed by atoms with Gasteiger partial charge in [0.1, 0.15) is 0 Å². The van der Waals surface area contributed by atoms with Crippen LogP contribution in [-0.2, 0) is 18.4 Å². The van der Waals surface area contributed by atoms with E-state index in [0.717, 1.165) is 4.57 Å². The molecule has 0 atom stereocenters. The van der Waals surface area contributed by atoms with Crippen LogP contribution in [0.15, 0.2) is 26.6 Å². The SMILES string of the molecule is Cn1c(=O)[nH]c2nc3n(CCCC(=O)O)c(=O)ccn3c2c1=O. The number of rotatable bonds is 4. The average molecular weight is 319 g/mol. The molecule has 0 saturated carbocycles. The number of carbonyl (C=O) groups is 1. The van der Waals surface area contributed by atoms with Crippen LogP contribution in [0.1, 0.15) is 12.8 Å². The third-order valence-electron chi connectivity index (χ3n) is 3.58. The molecular weight excluding hydrogens is 306 g/mol. The maximum atomic E-state index is 12.2. The van der Waals surface area contributed by atoms with E-state index in [2.05, 4.69) is 9.97 Å². The highest BCUT2D eigenvalue weighted by atomic mass is 16.4. The van der Waals surface area contributed by atoms with Crippen molar-refractivity contribution >= 4 is 22.9 Å². The van der Waals surface area contributed by atoms with Crippen LogP contribution < -0.4 is 16.8 Å². The summed E-state index contributed by atoms with van der Waals surface area (Å²) in [6.07, 6.45) is 1.55. The van der Waals surface area contributed by atoms with Gasteiger partial charge in [0.05, 0.1) is 0 Å². The van der Waals surface area contributed by atoms with Gasteiger partial charge in [0.25, 0.3) is 11.1 Å². The first-order valence-corrected chi connectivity index (χ1v) is 6.83. The first kappa shape index (κ1) is 14.8. The number of nitrogens with zero attached hydrogens (tertiary/aromatic N) is 4. The van der Waals surface area contributed by atoms with Crippen molar-refractivity contribution in [3.63, 3.8) is 0 Å². The normalized spacial score (nSPS) is 11.3. The molecule has 3 aromatic rings. The molecule has 0 amide bonds. The Morgan fingerprint density at radius 1 is 1.35 bits per heavy atom. The highest BCUT2D eigenvalue weighted by Gasteiger charge is 2.15. The zero-order chi connectivity index (χ0) is 16.7. The topological polar surface area (TPSA) is 131 Å². The van der Waals surface area contributed by atoms with Crippen LogP contribution >= 0.6 is 0 Å². The lowest BCUT2D eigenvalue weighted by Crippen LogP contribution is -2.32. The van der Waals surface area contributed by atoms with E-state index in [0.29, 0.717) is 0 Å². The maximum Gasteiger partial charge on any atom is 0.329 e. The van der Waals surface area contributed by atoms with Crippen molar-refractivity contribution in [1.29, 1.82) is 0 Å². The molecule has 0 aliphatic heterocycles. The molecule has 2 N–H and O–H groups in total. The molecule has 0 aliphatic carbocycles. The third-order valence-corrected chi connectivity index (χ3v) is 3.58. The van der Waals surface area contributed by atoms with E-state index < -0.39 is 17.2 Å². The van der Waals surface area contributed by atoms with Crippen molar-refractivity contribution in [3.8, 4) is 0 Å². The number of aromatic amines is 1. The minimum absolute atomic E-state index is 0.0793. The average Bonchev–Trinajstić information content (AvgIpc) is 2.85. The number of carboxylic acid groups (broad SMARTS) is 1. The van der Waals surface area contributed by atoms with Crippen molar-refractivity contribution in [1.82, 2.24) is 23.5 Å². The molecule has 0 aromatic carbocycles. The lowest BCUT2D eigenvalue weighted by atomic mass is 10.3. The Bertz CT molecular complexity index is 1100. The van der Waals surface area contributed by atoms with E-state index in [9.17, 15) is 19.2 Å². The molecule has 0 spiro atoms. The van der Waals surface area contributed by atoms with Crippen LogP contribution in [0.5, 0.6) is 0 Å². The van der Waals surface area contributed by atoms with Gasteiger partial charge < -0.3 is 5.11 Å². The quantitative estimate of drug-likeness (QED) is 0.627. The van der Waals surface area contributed by atoms with Gasteiger partial charge in [0, 0.05) is 32.3 Å². The second-order valence-corrected chi connectivity index (χ2v) is 5.08. The fourth-order valence-electron chi connectivity index (χ4n) is 2.41. The molecule has 0 aliphatic rings. The van der Waals surface area contributed by atoms with Crippen LogP contribution in [0.2, 0.25) is 0 Å². The van der Waals surface area contributed by atoms with Crippen molar-refractivity contribution in [2.24, 2.45) is 7.05 Å². The van der Waals surface area contributed by atoms with Gasteiger partial charge in [0.2, 0.25) is 5.78 Å². The molecule has 120 valence electrons. The van der Waals surface area contributed by atoms with E-state index in [-0.39, 0.29) is 41.9 Å². The molecule has 23 heavy (non-hydrogen) atoms. The predicted molar refractivity (Wildman–Crippen MR) is 79.7 cm³/mol. The lowest BCUT2D eigenvalue weighted by Gasteiger charge is -2.06. The van der Waals surface area contributed by atoms with Gasteiger partial charge >= 0.3 is 11.7 Å². The number of aryl methyl sites for hydroxylation is 1. The summed E-state index contributed by atoms with van der Waals surface area (Å²) in [5.74, 6) is -0.784. The number of fused-ring (bicyclic) bond motifs is 3. The molecule has 3 rings (SSSR count). The summed E-state index contributed by atoms with van der Waals surface area (Å²) < 4.78 is 3.60. The third kappa shape index (κ3) is 2.33. The Morgan fingerprint density at radius 3 is 2.78 bits per heavy atom. The van der Waals surface area contributed by atoms with Crippen molar-refractivity contribution in [2.75, 3.05) is 0 Å². The van der Waals surface area contributed by atoms with Crippen molar-refractivity contribution in [2.45, 2.75) is 19.4 Å². The smallest absolute Gasteiger partial charge is 0.329 e. The summed E-state index contributed by atoms with van der Waals surface area (Å²) in [6.45, 7) is 0.142. The summed E-state index contributed by atoms with van der Waals surface area (Å²) in [5.41, 5.74) is -1.28. The molecule has 10 heteroatoms. The van der Waals surface area contributed by atoms with Gasteiger partial charge in [-0.25, -0.2) is 4.79 Å². The molecule has 0 fully saturated rings. The molecule has 0 bridgehead atoms. The molecule has 0 saturated heterocycles. The molecule has 0 radical (unpaired) electrons. The van der Waals surface area contributed by atoms with E-state index >= 15 is 0 Å². The number of imidazole rings is 1. The fourth-order valence-corrected chi connectivity index (χ4v) is 2.41. The van der Waals surface area contributed by atoms with Gasteiger partial charge in [0.15, 0.2) is 11.2 Å². The summed E-state index contributed by atoms with van der Waals surface area (Å²) in [7, 11) is 1.34. The van der Waals surface area contributed by atoms with E-state index in [1.54, 1.807) is 0 Å². The number of hydrogen-bond donors (Lipinski definition) is 2. The first-order valence-electron chi connectivity index (χ1n) is 6.83. The number of H-pyrrole nitrogens is 1. The Hall–Kier alpha value is -3.17. The summed E-state index contributed by atoms with van der Waals surface area (Å²) in [5, 5.41) is 8.69. The number of aliphatic carboxylic acids is 1. The van der Waals surface area contributed by atoms with E-state index in [1.807, 2.05) is 0 Å². The standard InChI is InChI=1S/C13H13N5O5/c1-16-11(22)9-10(15-13(16)23)14-12-17(5-2-3-8(20)21)7(19)4-6-18(9)12/h4,6H,2-3,5H2,1H3,(H,15,23)(H,20,21). The zero-order valence-electron chi connectivity index (χ0n) is 12.1. The Balaban J connectivity index is 2.28. The summed E-state index contributed by atoms with van der Waals surface area (Å²) >= 11 is 0. The minimum atomic E-state index is -0.961. The van der Waals surface area contributed by atoms with Crippen LogP contribution in [0.4, 0.5) is 0 Å². The number of carboxylic acids is 1. The predicted octanol–water partition coefficient (Wildman–Crippen LogP) is -1.10. The molecule has 0 unspecified atom stereocenters. The van der Waals surface area contributed by atoms with Gasteiger partial charge in [-0.1, -0.05) is 0 Å². The lowest BCUT2D eigenvalue weighted by molar-refractivity contribution is -0.137. The highest BCUT2D eigenvalue weighted by molar-refractivity contribution is 5.74. The van der Waals surface area contributed by atoms with Gasteiger partial charge in [-0.15, -0.1) is 0 Å². The maximum absolute atomic E-state index is 12.2. The second kappa shape index (κ2) is 5.23. The van der Waals surface area contributed by atoms with Crippen LogP contribution in [-0.4, -0.2) is 34.6 Å². The Labute approximate surface area is 127 Å². The minimum Gasteiger partial charge on any atom is -0.481 e. The first-order chi connectivity index (χ1) is 10.9. The van der Waals surface area contributed by atoms with Gasteiger partial charge in [-0.2, -0.15) is 4.98 Å². The zero-order valence-corrected chi connectivity index (χ0v) is 12.1. The van der Waals surface area contributed by atoms with Crippen LogP contribution in [0.25, 0.3) is 16.9 Å². The largest absolute Gasteiger partial charge is 0.481 e. The van der Waals surface area contributed by atoms with Crippen molar-refractivity contribution in [3.05, 3.63) is 43.5 Å². The van der Waals surface area contributed by atoms with Crippen LogP contribution in [0, 0.1) is 0 Å². The summed E-state index contributed by atoms with van der Waals surface area (Å²) in [4.78, 5) is 53.1. The van der Waals surface area contributed by atoms with E-state index in [1.165, 1.54) is 28.3 Å². The molecule has 3 aromatic heterocycles. The monoisotopic (exact) mass is 319 g/mol.